The van der Waals surface area contributed by atoms with Crippen molar-refractivity contribution in [2.24, 2.45) is 0 Å². The molecule has 0 aromatic carbocycles. The lowest BCUT2D eigenvalue weighted by atomic mass is 10.1. The Hall–Kier alpha value is -1.38. The van der Waals surface area contributed by atoms with Gasteiger partial charge in [0.2, 0.25) is 0 Å². The lowest BCUT2D eigenvalue weighted by molar-refractivity contribution is 0.0963. The van der Waals surface area contributed by atoms with Crippen LogP contribution in [0.5, 0.6) is 0 Å². The molecule has 0 fully saturated rings. The predicted molar refractivity (Wildman–Crippen MR) is 53.8 cm³/mol. The number of aromatic nitrogens is 1. The fourth-order valence-electron chi connectivity index (χ4n) is 1.05. The minimum Gasteiger partial charge on any atom is -0.355 e. The smallest absolute Gasteiger partial charge is 0.251 e. The van der Waals surface area contributed by atoms with Gasteiger partial charge in [-0.2, -0.15) is 0 Å². The van der Waals surface area contributed by atoms with Crippen LogP contribution in [-0.4, -0.2) is 17.9 Å². The van der Waals surface area contributed by atoms with Crippen LogP contribution in [0.3, 0.4) is 0 Å². The Balaban J connectivity index is 0.00000169. The SMILES string of the molecule is CNC(=O)c1ccnc(C(C)C)c1.[HH]. The molecule has 1 amide bonds. The molecule has 0 aliphatic heterocycles. The van der Waals surface area contributed by atoms with Crippen LogP contribution in [-0.2, 0) is 0 Å². The van der Waals surface area contributed by atoms with Gasteiger partial charge >= 0.3 is 0 Å². The van der Waals surface area contributed by atoms with Crippen molar-refractivity contribution in [1.82, 2.24) is 10.3 Å². The second-order valence-electron chi connectivity index (χ2n) is 3.20. The van der Waals surface area contributed by atoms with Crippen LogP contribution >= 0.6 is 0 Å². The van der Waals surface area contributed by atoms with Gasteiger partial charge in [0.25, 0.3) is 5.91 Å². The van der Waals surface area contributed by atoms with Crippen molar-refractivity contribution in [3.05, 3.63) is 29.6 Å². The first kappa shape index (κ1) is 9.71. The number of carbonyl (C=O) groups excluding carboxylic acids is 1. The average Bonchev–Trinajstić information content (AvgIpc) is 2.17. The van der Waals surface area contributed by atoms with E-state index in [9.17, 15) is 4.79 Å². The first-order chi connectivity index (χ1) is 6.15. The number of hydrogen-bond acceptors (Lipinski definition) is 2. The van der Waals surface area contributed by atoms with Gasteiger partial charge in [0.15, 0.2) is 0 Å². The third-order valence-corrected chi connectivity index (χ3v) is 1.86. The first-order valence-corrected chi connectivity index (χ1v) is 4.33. The maximum Gasteiger partial charge on any atom is 0.251 e. The highest BCUT2D eigenvalue weighted by molar-refractivity contribution is 5.93. The van der Waals surface area contributed by atoms with Crippen molar-refractivity contribution < 1.29 is 6.22 Å². The molecule has 1 aromatic heterocycles. The van der Waals surface area contributed by atoms with Crippen molar-refractivity contribution in [3.63, 3.8) is 0 Å². The number of pyridine rings is 1. The zero-order chi connectivity index (χ0) is 9.84. The van der Waals surface area contributed by atoms with Gasteiger partial charge in [0.1, 0.15) is 0 Å². The molecule has 72 valence electrons. The molecule has 0 saturated heterocycles. The molecule has 1 rings (SSSR count). The van der Waals surface area contributed by atoms with E-state index < -0.39 is 0 Å². The standard InChI is InChI=1S/C10H14N2O.H2/c1-7(2)9-6-8(4-5-12-9)10(13)11-3;/h4-7H,1-3H3,(H,11,13);1H. The summed E-state index contributed by atoms with van der Waals surface area (Å²) in [5, 5.41) is 2.58. The van der Waals surface area contributed by atoms with E-state index in [1.54, 1.807) is 19.3 Å². The second-order valence-corrected chi connectivity index (χ2v) is 3.20. The third kappa shape index (κ3) is 2.28. The van der Waals surface area contributed by atoms with Crippen LogP contribution in [0.2, 0.25) is 0 Å². The average molecular weight is 180 g/mol. The molecule has 0 unspecified atom stereocenters. The number of nitrogens with one attached hydrogen (secondary N) is 1. The fraction of sp³-hybridized carbons (Fsp3) is 0.400. The minimum absolute atomic E-state index is 0. The van der Waals surface area contributed by atoms with Crippen LogP contribution in [0.15, 0.2) is 18.3 Å². The Morgan fingerprint density at radius 2 is 2.31 bits per heavy atom. The molecule has 0 bridgehead atoms. The molecule has 1 N–H and O–H groups in total. The fourth-order valence-corrected chi connectivity index (χ4v) is 1.05. The van der Waals surface area contributed by atoms with Gasteiger partial charge in [-0.25, -0.2) is 0 Å². The van der Waals surface area contributed by atoms with Crippen LogP contribution in [0.4, 0.5) is 0 Å². The molecule has 0 aliphatic carbocycles. The van der Waals surface area contributed by atoms with E-state index in [0.29, 0.717) is 11.5 Å². The van der Waals surface area contributed by atoms with E-state index in [0.717, 1.165) is 5.69 Å². The molecule has 0 radical (unpaired) electrons. The molecule has 3 heteroatoms. The molecule has 1 aromatic rings. The third-order valence-electron chi connectivity index (χ3n) is 1.86. The van der Waals surface area contributed by atoms with Gasteiger partial charge in [-0.05, 0) is 18.1 Å². The van der Waals surface area contributed by atoms with E-state index in [1.807, 2.05) is 6.07 Å². The van der Waals surface area contributed by atoms with Gasteiger partial charge in [0, 0.05) is 25.9 Å². The molecule has 0 aliphatic rings. The number of nitrogens with zero attached hydrogens (tertiary/aromatic N) is 1. The molecule has 0 atom stereocenters. The Kier molecular flexibility index (Phi) is 3.01. The quantitative estimate of drug-likeness (QED) is 0.754. The van der Waals surface area contributed by atoms with Crippen molar-refractivity contribution >= 4 is 5.91 Å². The predicted octanol–water partition coefficient (Wildman–Crippen LogP) is 1.81. The van der Waals surface area contributed by atoms with Gasteiger partial charge in [-0.15, -0.1) is 0 Å². The number of rotatable bonds is 2. The summed E-state index contributed by atoms with van der Waals surface area (Å²) in [4.78, 5) is 15.4. The van der Waals surface area contributed by atoms with Gasteiger partial charge in [-0.3, -0.25) is 9.78 Å². The summed E-state index contributed by atoms with van der Waals surface area (Å²) in [6.07, 6.45) is 1.67. The summed E-state index contributed by atoms with van der Waals surface area (Å²) in [5.41, 5.74) is 1.61. The van der Waals surface area contributed by atoms with Crippen molar-refractivity contribution in [1.29, 1.82) is 0 Å². The van der Waals surface area contributed by atoms with Crippen LogP contribution < -0.4 is 5.32 Å². The van der Waals surface area contributed by atoms with Crippen LogP contribution in [0, 0.1) is 0 Å². The Morgan fingerprint density at radius 1 is 1.62 bits per heavy atom. The first-order valence-electron chi connectivity index (χ1n) is 4.33. The number of carbonyl (C=O) groups is 1. The van der Waals surface area contributed by atoms with Crippen molar-refractivity contribution in [2.75, 3.05) is 7.05 Å². The second kappa shape index (κ2) is 4.03. The number of amides is 1. The van der Waals surface area contributed by atoms with Crippen molar-refractivity contribution in [3.8, 4) is 0 Å². The van der Waals surface area contributed by atoms with E-state index in [-0.39, 0.29) is 7.33 Å². The highest BCUT2D eigenvalue weighted by Gasteiger charge is 2.06. The summed E-state index contributed by atoms with van der Waals surface area (Å²) in [6.45, 7) is 4.10. The molecule has 3 nitrogen and oxygen atoms in total. The maximum absolute atomic E-state index is 11.2. The summed E-state index contributed by atoms with van der Waals surface area (Å²) >= 11 is 0. The van der Waals surface area contributed by atoms with Gasteiger partial charge in [-0.1, -0.05) is 13.8 Å². The molecular weight excluding hydrogens is 164 g/mol. The van der Waals surface area contributed by atoms with Crippen LogP contribution in [0.1, 0.15) is 37.2 Å². The summed E-state index contributed by atoms with van der Waals surface area (Å²) in [6, 6.07) is 3.54. The number of hydrogen-bond donors (Lipinski definition) is 1. The summed E-state index contributed by atoms with van der Waals surface area (Å²) in [5.74, 6) is 0.286. The topological polar surface area (TPSA) is 42.0 Å². The summed E-state index contributed by atoms with van der Waals surface area (Å²) in [7, 11) is 1.62. The Morgan fingerprint density at radius 3 is 2.85 bits per heavy atom. The van der Waals surface area contributed by atoms with Gasteiger partial charge in [0.05, 0.1) is 0 Å². The lowest BCUT2D eigenvalue weighted by Gasteiger charge is -2.05. The highest BCUT2D eigenvalue weighted by atomic mass is 16.1. The normalized spacial score (nSPS) is 10.2. The zero-order valence-electron chi connectivity index (χ0n) is 8.16. The van der Waals surface area contributed by atoms with E-state index >= 15 is 0 Å². The molecule has 1 heterocycles. The Labute approximate surface area is 79.7 Å². The van der Waals surface area contributed by atoms with Crippen molar-refractivity contribution in [2.45, 2.75) is 19.8 Å². The van der Waals surface area contributed by atoms with E-state index in [2.05, 4.69) is 24.1 Å². The molecule has 13 heavy (non-hydrogen) atoms. The lowest BCUT2D eigenvalue weighted by Crippen LogP contribution is -2.18. The molecule has 0 spiro atoms. The van der Waals surface area contributed by atoms with E-state index in [1.165, 1.54) is 0 Å². The largest absolute Gasteiger partial charge is 0.355 e. The molecular formula is C10H16N2O. The van der Waals surface area contributed by atoms with Crippen LogP contribution in [0.25, 0.3) is 0 Å². The Bertz CT molecular complexity index is 313. The summed E-state index contributed by atoms with van der Waals surface area (Å²) < 4.78 is 0. The minimum atomic E-state index is -0.0655. The molecule has 0 saturated carbocycles. The monoisotopic (exact) mass is 180 g/mol. The van der Waals surface area contributed by atoms with E-state index in [4.69, 9.17) is 0 Å². The highest BCUT2D eigenvalue weighted by Crippen LogP contribution is 2.12. The zero-order valence-corrected chi connectivity index (χ0v) is 8.16. The van der Waals surface area contributed by atoms with Gasteiger partial charge < -0.3 is 5.32 Å². The maximum atomic E-state index is 11.2.